The molecule has 98 valence electrons. The van der Waals surface area contributed by atoms with Gasteiger partial charge in [0.15, 0.2) is 5.69 Å². The number of piperidine rings is 1. The van der Waals surface area contributed by atoms with Gasteiger partial charge in [0.05, 0.1) is 6.10 Å². The van der Waals surface area contributed by atoms with Gasteiger partial charge in [-0.05, 0) is 32.6 Å². The Bertz CT molecular complexity index is 443. The molecule has 2 aliphatic rings. The van der Waals surface area contributed by atoms with Crippen molar-refractivity contribution in [2.24, 2.45) is 0 Å². The molecule has 0 aromatic carbocycles. The highest BCUT2D eigenvalue weighted by Gasteiger charge is 2.44. The number of nitrogens with zero attached hydrogens (tertiary/aromatic N) is 2. The van der Waals surface area contributed by atoms with Crippen LogP contribution >= 0.6 is 0 Å². The minimum absolute atomic E-state index is 0.00824. The summed E-state index contributed by atoms with van der Waals surface area (Å²) in [4.78, 5) is 14.4. The average Bonchev–Trinajstić information content (AvgIpc) is 2.90. The van der Waals surface area contributed by atoms with Gasteiger partial charge in [0.1, 0.15) is 5.76 Å². The summed E-state index contributed by atoms with van der Waals surface area (Å²) in [6.07, 6.45) is 4.33. The molecule has 2 bridgehead atoms. The first-order chi connectivity index (χ1) is 8.69. The van der Waals surface area contributed by atoms with Crippen molar-refractivity contribution < 1.29 is 14.1 Å². The lowest BCUT2D eigenvalue weighted by atomic mass is 9.99. The lowest BCUT2D eigenvalue weighted by molar-refractivity contribution is 0.00777. The quantitative estimate of drug-likeness (QED) is 0.802. The third-order valence-corrected chi connectivity index (χ3v) is 4.10. The number of fused-ring (bicyclic) bond motifs is 2. The third kappa shape index (κ3) is 1.82. The van der Waals surface area contributed by atoms with Gasteiger partial charge in [0, 0.05) is 25.3 Å². The molecule has 2 aliphatic heterocycles. The molecule has 1 amide bonds. The minimum Gasteiger partial charge on any atom is -0.381 e. The van der Waals surface area contributed by atoms with Crippen LogP contribution in [-0.2, 0) is 4.74 Å². The Labute approximate surface area is 106 Å². The first-order valence-electron chi connectivity index (χ1n) is 6.48. The largest absolute Gasteiger partial charge is 0.381 e. The Morgan fingerprint density at radius 3 is 2.61 bits per heavy atom. The summed E-state index contributed by atoms with van der Waals surface area (Å²) < 4.78 is 10.4. The van der Waals surface area contributed by atoms with Gasteiger partial charge in [0.25, 0.3) is 5.91 Å². The van der Waals surface area contributed by atoms with Crippen LogP contribution in [0.4, 0.5) is 0 Å². The van der Waals surface area contributed by atoms with Crippen LogP contribution in [-0.4, -0.2) is 41.3 Å². The molecule has 18 heavy (non-hydrogen) atoms. The summed E-state index contributed by atoms with van der Waals surface area (Å²) in [5.41, 5.74) is 0.431. The van der Waals surface area contributed by atoms with Gasteiger partial charge in [0.2, 0.25) is 0 Å². The second-order valence-electron chi connectivity index (χ2n) is 5.25. The second-order valence-corrected chi connectivity index (χ2v) is 5.25. The molecule has 3 heterocycles. The van der Waals surface area contributed by atoms with Gasteiger partial charge in [-0.3, -0.25) is 4.79 Å². The Kier molecular flexibility index (Phi) is 2.86. The number of carbonyl (C=O) groups excluding carboxylic acids is 1. The van der Waals surface area contributed by atoms with Crippen molar-refractivity contribution in [2.75, 3.05) is 7.11 Å². The number of carbonyl (C=O) groups is 1. The molecular weight excluding hydrogens is 232 g/mol. The van der Waals surface area contributed by atoms with Crippen molar-refractivity contribution in [1.29, 1.82) is 0 Å². The molecule has 2 saturated heterocycles. The van der Waals surface area contributed by atoms with E-state index in [2.05, 4.69) is 5.16 Å². The number of methoxy groups -OCH3 is 1. The smallest absolute Gasteiger partial charge is 0.276 e. The van der Waals surface area contributed by atoms with E-state index in [1.165, 1.54) is 0 Å². The summed E-state index contributed by atoms with van der Waals surface area (Å²) in [5.74, 6) is 0.686. The molecule has 5 heteroatoms. The SMILES string of the molecule is COC1CC2CCC(C1)N2C(=O)c1cc(C)on1. The minimum atomic E-state index is 0.00824. The zero-order chi connectivity index (χ0) is 12.7. The highest BCUT2D eigenvalue weighted by Crippen LogP contribution is 2.37. The predicted octanol–water partition coefficient (Wildman–Crippen LogP) is 1.77. The van der Waals surface area contributed by atoms with Crippen molar-refractivity contribution in [2.45, 2.75) is 50.8 Å². The van der Waals surface area contributed by atoms with Crippen molar-refractivity contribution in [3.8, 4) is 0 Å². The van der Waals surface area contributed by atoms with E-state index >= 15 is 0 Å². The molecule has 0 aliphatic carbocycles. The first-order valence-corrected chi connectivity index (χ1v) is 6.48. The van der Waals surface area contributed by atoms with Gasteiger partial charge in [-0.1, -0.05) is 5.16 Å². The van der Waals surface area contributed by atoms with Crippen LogP contribution < -0.4 is 0 Å². The molecular formula is C13H18N2O3. The number of ether oxygens (including phenoxy) is 1. The normalized spacial score (nSPS) is 30.8. The number of aryl methyl sites for hydroxylation is 1. The maximum atomic E-state index is 12.4. The van der Waals surface area contributed by atoms with Gasteiger partial charge >= 0.3 is 0 Å². The van der Waals surface area contributed by atoms with Crippen LogP contribution in [0.15, 0.2) is 10.6 Å². The van der Waals surface area contributed by atoms with Gasteiger partial charge in [-0.2, -0.15) is 0 Å². The van der Waals surface area contributed by atoms with Crippen molar-refractivity contribution in [1.82, 2.24) is 10.1 Å². The molecule has 0 N–H and O–H groups in total. The molecule has 0 saturated carbocycles. The van der Waals surface area contributed by atoms with Crippen LogP contribution in [0.1, 0.15) is 41.9 Å². The van der Waals surface area contributed by atoms with Crippen molar-refractivity contribution in [3.63, 3.8) is 0 Å². The van der Waals surface area contributed by atoms with E-state index in [9.17, 15) is 4.79 Å². The number of hydrogen-bond acceptors (Lipinski definition) is 4. The predicted molar refractivity (Wildman–Crippen MR) is 64.3 cm³/mol. The Morgan fingerprint density at radius 2 is 2.11 bits per heavy atom. The average molecular weight is 250 g/mol. The van der Waals surface area contributed by atoms with Crippen LogP contribution in [0, 0.1) is 6.92 Å². The molecule has 0 radical (unpaired) electrons. The topological polar surface area (TPSA) is 55.6 Å². The molecule has 1 aromatic rings. The maximum absolute atomic E-state index is 12.4. The number of hydrogen-bond donors (Lipinski definition) is 0. The van der Waals surface area contributed by atoms with Gasteiger partial charge in [-0.25, -0.2) is 0 Å². The van der Waals surface area contributed by atoms with Crippen LogP contribution in [0.3, 0.4) is 0 Å². The molecule has 2 atom stereocenters. The van der Waals surface area contributed by atoms with E-state index in [0.29, 0.717) is 29.6 Å². The van der Waals surface area contributed by atoms with E-state index in [1.54, 1.807) is 20.1 Å². The summed E-state index contributed by atoms with van der Waals surface area (Å²) >= 11 is 0. The highest BCUT2D eigenvalue weighted by atomic mass is 16.5. The number of amides is 1. The maximum Gasteiger partial charge on any atom is 0.276 e. The molecule has 3 rings (SSSR count). The fourth-order valence-corrected chi connectivity index (χ4v) is 3.25. The van der Waals surface area contributed by atoms with Gasteiger partial charge < -0.3 is 14.2 Å². The van der Waals surface area contributed by atoms with Crippen LogP contribution in [0.2, 0.25) is 0 Å². The fraction of sp³-hybridized carbons (Fsp3) is 0.692. The zero-order valence-electron chi connectivity index (χ0n) is 10.8. The van der Waals surface area contributed by atoms with Gasteiger partial charge in [-0.15, -0.1) is 0 Å². The van der Waals surface area contributed by atoms with Crippen LogP contribution in [0.5, 0.6) is 0 Å². The monoisotopic (exact) mass is 250 g/mol. The number of rotatable bonds is 2. The fourth-order valence-electron chi connectivity index (χ4n) is 3.25. The van der Waals surface area contributed by atoms with E-state index in [4.69, 9.17) is 9.26 Å². The van der Waals surface area contributed by atoms with Crippen molar-refractivity contribution in [3.05, 3.63) is 17.5 Å². The summed E-state index contributed by atoms with van der Waals surface area (Å²) in [6.45, 7) is 1.80. The highest BCUT2D eigenvalue weighted by molar-refractivity contribution is 5.93. The van der Waals surface area contributed by atoms with E-state index in [0.717, 1.165) is 25.7 Å². The van der Waals surface area contributed by atoms with E-state index < -0.39 is 0 Å². The molecule has 2 unspecified atom stereocenters. The lowest BCUT2D eigenvalue weighted by Gasteiger charge is -2.37. The lowest BCUT2D eigenvalue weighted by Crippen LogP contribution is -2.48. The van der Waals surface area contributed by atoms with E-state index in [1.807, 2.05) is 4.90 Å². The molecule has 0 spiro atoms. The molecule has 5 nitrogen and oxygen atoms in total. The first kappa shape index (κ1) is 11.7. The summed E-state index contributed by atoms with van der Waals surface area (Å²) in [5, 5.41) is 3.83. The Hall–Kier alpha value is -1.36. The summed E-state index contributed by atoms with van der Waals surface area (Å²) in [6, 6.07) is 2.32. The zero-order valence-corrected chi connectivity index (χ0v) is 10.8. The standard InChI is InChI=1S/C13H18N2O3/c1-8-5-12(14-18-8)13(16)15-9-3-4-10(15)7-11(6-9)17-2/h5,9-11H,3-4,6-7H2,1-2H3. The number of aromatic nitrogens is 1. The third-order valence-electron chi connectivity index (χ3n) is 4.10. The summed E-state index contributed by atoms with van der Waals surface area (Å²) in [7, 11) is 1.75. The second kappa shape index (κ2) is 4.39. The Balaban J connectivity index is 1.80. The van der Waals surface area contributed by atoms with E-state index in [-0.39, 0.29) is 5.91 Å². The van der Waals surface area contributed by atoms with Crippen molar-refractivity contribution >= 4 is 5.91 Å². The van der Waals surface area contributed by atoms with Crippen LogP contribution in [0.25, 0.3) is 0 Å². The Morgan fingerprint density at radius 1 is 1.44 bits per heavy atom. The molecule has 2 fully saturated rings. The molecule has 1 aromatic heterocycles.